The molecular formula is C22H37I2SiZr. The minimum Gasteiger partial charge on any atom is -1.00 e. The van der Waals surface area contributed by atoms with Gasteiger partial charge in [-0.25, -0.2) is 24.3 Å². The third-order valence-corrected chi connectivity index (χ3v) is 5.27. The van der Waals surface area contributed by atoms with E-state index in [9.17, 15) is 0 Å². The van der Waals surface area contributed by atoms with Gasteiger partial charge in [0.2, 0.25) is 0 Å². The average Bonchev–Trinajstić information content (AvgIpc) is 3.24. The topological polar surface area (TPSA) is 0 Å². The Labute approximate surface area is 219 Å². The van der Waals surface area contributed by atoms with Gasteiger partial charge < -0.3 is 48.0 Å². The third kappa shape index (κ3) is 15.2. The van der Waals surface area contributed by atoms with Gasteiger partial charge in [0.25, 0.3) is 0 Å². The molecule has 0 amide bonds. The third-order valence-electron chi connectivity index (χ3n) is 4.12. The molecule has 0 aliphatic rings. The molecule has 0 saturated carbocycles. The van der Waals surface area contributed by atoms with Crippen molar-refractivity contribution >= 4 is 9.52 Å². The molecule has 2 aromatic carbocycles. The Balaban J connectivity index is -0.000000137. The zero-order valence-corrected chi connectivity index (χ0v) is 25.5. The van der Waals surface area contributed by atoms with Crippen molar-refractivity contribution in [2.75, 3.05) is 0 Å². The monoisotopic (exact) mass is 673 g/mol. The van der Waals surface area contributed by atoms with E-state index in [4.69, 9.17) is 0 Å². The van der Waals surface area contributed by atoms with E-state index < -0.39 is 0 Å². The SMILES string of the molecule is CC[SiH]CC.CCc1ccc[c-]1CC.CCc1ccc[c-]1CC.[I-].[I-].[Zr+4]. The van der Waals surface area contributed by atoms with E-state index in [1.807, 2.05) is 0 Å². The minimum atomic E-state index is 0. The van der Waals surface area contributed by atoms with Crippen LogP contribution in [0.15, 0.2) is 36.4 Å². The summed E-state index contributed by atoms with van der Waals surface area (Å²) >= 11 is 0. The first-order valence-corrected chi connectivity index (χ1v) is 11.1. The molecule has 0 atom stereocenters. The fourth-order valence-corrected chi connectivity index (χ4v) is 3.23. The van der Waals surface area contributed by atoms with Crippen LogP contribution in [0.2, 0.25) is 12.1 Å². The van der Waals surface area contributed by atoms with Gasteiger partial charge in [0.1, 0.15) is 0 Å². The number of aryl methyl sites for hydroxylation is 4. The van der Waals surface area contributed by atoms with Crippen LogP contribution in [0.25, 0.3) is 0 Å². The maximum absolute atomic E-state index is 2.25. The van der Waals surface area contributed by atoms with E-state index in [1.165, 1.54) is 60.0 Å². The van der Waals surface area contributed by atoms with Gasteiger partial charge in [-0.15, -0.1) is 0 Å². The smallest absolute Gasteiger partial charge is 1.00 e. The molecule has 2 aromatic rings. The first kappa shape index (κ1) is 34.7. The van der Waals surface area contributed by atoms with E-state index in [0.29, 0.717) is 0 Å². The Kier molecular flexibility index (Phi) is 32.5. The maximum Gasteiger partial charge on any atom is 4.00 e. The van der Waals surface area contributed by atoms with E-state index in [0.717, 1.165) is 9.52 Å². The predicted octanol–water partition coefficient (Wildman–Crippen LogP) is 0.365. The van der Waals surface area contributed by atoms with Crippen molar-refractivity contribution < 1.29 is 74.2 Å². The van der Waals surface area contributed by atoms with E-state index in [-0.39, 0.29) is 74.2 Å². The minimum absolute atomic E-state index is 0. The van der Waals surface area contributed by atoms with E-state index in [1.54, 1.807) is 0 Å². The van der Waals surface area contributed by atoms with Crippen molar-refractivity contribution in [1.82, 2.24) is 0 Å². The van der Waals surface area contributed by atoms with Gasteiger partial charge in [-0.05, 0) is 0 Å². The Morgan fingerprint density at radius 1 is 0.692 bits per heavy atom. The summed E-state index contributed by atoms with van der Waals surface area (Å²) in [5.41, 5.74) is 6.05. The average molecular weight is 675 g/mol. The number of halogens is 2. The zero-order valence-electron chi connectivity index (χ0n) is 17.5. The van der Waals surface area contributed by atoms with Crippen LogP contribution in [-0.4, -0.2) is 9.52 Å². The molecule has 0 N–H and O–H groups in total. The second-order valence-corrected chi connectivity index (χ2v) is 7.88. The fourth-order valence-electron chi connectivity index (χ4n) is 2.66. The molecular weight excluding hydrogens is 637 g/mol. The Morgan fingerprint density at radius 3 is 1.19 bits per heavy atom. The standard InChI is InChI=1S/2C9H13.C4H11Si.2HI.Zr/c2*1-3-8-6-5-7-9(8)4-2;1-3-5-4-2;;;/h2*5-7H,3-4H2,1-2H3;5H,3-4H2,1-2H3;2*1H;/q2*-1;;;;+4/p-2. The molecule has 0 unspecified atom stereocenters. The number of hydrogen-bond acceptors (Lipinski definition) is 0. The first-order chi connectivity index (χ1) is 11.2. The number of rotatable bonds is 6. The van der Waals surface area contributed by atoms with Gasteiger partial charge in [0, 0.05) is 9.52 Å². The first-order valence-electron chi connectivity index (χ1n) is 9.46. The molecule has 0 heterocycles. The molecule has 1 radical (unpaired) electrons. The predicted molar refractivity (Wildman–Crippen MR) is 110 cm³/mol. The van der Waals surface area contributed by atoms with Crippen molar-refractivity contribution in [1.29, 1.82) is 0 Å². The summed E-state index contributed by atoms with van der Waals surface area (Å²) in [4.78, 5) is 0. The molecule has 0 aliphatic carbocycles. The van der Waals surface area contributed by atoms with Crippen molar-refractivity contribution in [3.05, 3.63) is 58.7 Å². The van der Waals surface area contributed by atoms with Crippen LogP contribution in [0.1, 0.15) is 63.8 Å². The van der Waals surface area contributed by atoms with E-state index in [2.05, 4.69) is 77.9 Å². The largest absolute Gasteiger partial charge is 4.00 e. The fraction of sp³-hybridized carbons (Fsp3) is 0.545. The molecule has 0 fully saturated rings. The summed E-state index contributed by atoms with van der Waals surface area (Å²) in [6.45, 7) is 13.3. The summed E-state index contributed by atoms with van der Waals surface area (Å²) in [5, 5.41) is 0. The van der Waals surface area contributed by atoms with Crippen molar-refractivity contribution in [3.8, 4) is 0 Å². The summed E-state index contributed by atoms with van der Waals surface area (Å²) < 4.78 is 0. The van der Waals surface area contributed by atoms with E-state index >= 15 is 0 Å². The molecule has 2 rings (SSSR count). The second kappa shape index (κ2) is 24.3. The van der Waals surface area contributed by atoms with Crippen molar-refractivity contribution in [3.63, 3.8) is 0 Å². The van der Waals surface area contributed by atoms with Crippen molar-refractivity contribution in [2.45, 2.75) is 79.3 Å². The molecule has 0 nitrogen and oxygen atoms in total. The van der Waals surface area contributed by atoms with Crippen LogP contribution in [0.3, 0.4) is 0 Å². The normalized spacial score (nSPS) is 8.54. The Hall–Kier alpha value is 1.26. The summed E-state index contributed by atoms with van der Waals surface area (Å²) in [6, 6.07) is 16.0. The summed E-state index contributed by atoms with van der Waals surface area (Å²) in [6.07, 6.45) is 4.71. The maximum atomic E-state index is 2.25. The molecule has 0 aromatic heterocycles. The molecule has 0 spiro atoms. The molecule has 0 saturated heterocycles. The number of hydrogen-bond donors (Lipinski definition) is 0. The van der Waals surface area contributed by atoms with Gasteiger partial charge in [0.05, 0.1) is 0 Å². The molecule has 147 valence electrons. The Bertz CT molecular complexity index is 411. The molecule has 0 aliphatic heterocycles. The van der Waals surface area contributed by atoms with Crippen molar-refractivity contribution in [2.24, 2.45) is 0 Å². The summed E-state index contributed by atoms with van der Waals surface area (Å²) in [5.74, 6) is 0. The molecule has 4 heteroatoms. The quantitative estimate of drug-likeness (QED) is 0.236. The van der Waals surface area contributed by atoms with Crippen LogP contribution in [0.5, 0.6) is 0 Å². The van der Waals surface area contributed by atoms with Gasteiger partial charge in [-0.2, -0.15) is 34.4 Å². The van der Waals surface area contributed by atoms with Gasteiger partial charge in [-0.1, -0.05) is 79.3 Å². The Morgan fingerprint density at radius 2 is 1.04 bits per heavy atom. The van der Waals surface area contributed by atoms with Crippen LogP contribution in [-0.2, 0) is 51.9 Å². The second-order valence-electron chi connectivity index (χ2n) is 5.67. The van der Waals surface area contributed by atoms with Crippen LogP contribution in [0, 0.1) is 0 Å². The molecule has 26 heavy (non-hydrogen) atoms. The van der Waals surface area contributed by atoms with Gasteiger partial charge >= 0.3 is 26.2 Å². The summed E-state index contributed by atoms with van der Waals surface area (Å²) in [7, 11) is 0.815. The van der Waals surface area contributed by atoms with Crippen LogP contribution >= 0.6 is 0 Å². The van der Waals surface area contributed by atoms with Gasteiger partial charge in [0.15, 0.2) is 0 Å². The molecule has 0 bridgehead atoms. The van der Waals surface area contributed by atoms with Gasteiger partial charge in [-0.3, -0.25) is 0 Å². The zero-order chi connectivity index (χ0) is 17.5. The van der Waals surface area contributed by atoms with Crippen LogP contribution < -0.4 is 48.0 Å². The van der Waals surface area contributed by atoms with Crippen LogP contribution in [0.4, 0.5) is 0 Å².